The highest BCUT2D eigenvalue weighted by molar-refractivity contribution is 5.47. The molecule has 0 bridgehead atoms. The number of morpholine rings is 1. The summed E-state index contributed by atoms with van der Waals surface area (Å²) in [5, 5.41) is 4.26. The van der Waals surface area contributed by atoms with E-state index >= 15 is 0 Å². The number of hydrogen-bond donors (Lipinski definition) is 0. The number of hydrogen-bond acceptors (Lipinski definition) is 5. The lowest BCUT2D eigenvalue weighted by Crippen LogP contribution is -2.43. The van der Waals surface area contributed by atoms with Gasteiger partial charge in [0.05, 0.1) is 19.3 Å². The fourth-order valence-electron chi connectivity index (χ4n) is 3.15. The van der Waals surface area contributed by atoms with Gasteiger partial charge in [-0.05, 0) is 12.1 Å². The van der Waals surface area contributed by atoms with Crippen LogP contribution in [0.5, 0.6) is 11.5 Å². The molecule has 0 unspecified atom stereocenters. The first-order chi connectivity index (χ1) is 11.4. The van der Waals surface area contributed by atoms with E-state index in [1.807, 2.05) is 29.1 Å². The standard InChI is InChI=1S/C17H21N3O3/c1-3-14(17-16(4-1)22-9-10-23-17)11-19-7-8-21-15(12-19)13-20-6-2-5-18-20/h1-6,15H,7-13H2/t15-/m1/s1. The Bertz CT molecular complexity index is 645. The zero-order valence-corrected chi connectivity index (χ0v) is 13.1. The molecular formula is C17H21N3O3. The molecule has 23 heavy (non-hydrogen) atoms. The zero-order valence-electron chi connectivity index (χ0n) is 13.1. The Hall–Kier alpha value is -2.05. The van der Waals surface area contributed by atoms with Gasteiger partial charge in [-0.1, -0.05) is 12.1 Å². The van der Waals surface area contributed by atoms with E-state index in [-0.39, 0.29) is 6.10 Å². The number of fused-ring (bicyclic) bond motifs is 1. The first-order valence-corrected chi connectivity index (χ1v) is 8.07. The van der Waals surface area contributed by atoms with E-state index < -0.39 is 0 Å². The smallest absolute Gasteiger partial charge is 0.165 e. The highest BCUT2D eigenvalue weighted by Gasteiger charge is 2.23. The van der Waals surface area contributed by atoms with Crippen molar-refractivity contribution < 1.29 is 14.2 Å². The summed E-state index contributed by atoms with van der Waals surface area (Å²) in [7, 11) is 0. The Morgan fingerprint density at radius 1 is 1.13 bits per heavy atom. The maximum absolute atomic E-state index is 5.87. The van der Waals surface area contributed by atoms with E-state index in [0.29, 0.717) is 13.2 Å². The molecule has 0 spiro atoms. The number of benzene rings is 1. The summed E-state index contributed by atoms with van der Waals surface area (Å²) in [6.07, 6.45) is 3.94. The Morgan fingerprint density at radius 3 is 3.00 bits per heavy atom. The number of ether oxygens (including phenoxy) is 3. The predicted octanol–water partition coefficient (Wildman–Crippen LogP) is 1.56. The molecule has 0 saturated carbocycles. The Morgan fingerprint density at radius 2 is 2.09 bits per heavy atom. The number of nitrogens with zero attached hydrogens (tertiary/aromatic N) is 3. The highest BCUT2D eigenvalue weighted by Crippen LogP contribution is 2.34. The maximum Gasteiger partial charge on any atom is 0.165 e. The van der Waals surface area contributed by atoms with Gasteiger partial charge in [0.2, 0.25) is 0 Å². The summed E-state index contributed by atoms with van der Waals surface area (Å²) in [6.45, 7) is 5.46. The lowest BCUT2D eigenvalue weighted by Gasteiger charge is -2.33. The van der Waals surface area contributed by atoms with Gasteiger partial charge in [-0.2, -0.15) is 5.10 Å². The Kier molecular flexibility index (Phi) is 4.17. The van der Waals surface area contributed by atoms with Crippen LogP contribution >= 0.6 is 0 Å². The lowest BCUT2D eigenvalue weighted by molar-refractivity contribution is -0.0405. The minimum atomic E-state index is 0.167. The molecule has 1 fully saturated rings. The molecule has 4 rings (SSSR count). The van der Waals surface area contributed by atoms with Gasteiger partial charge in [0.15, 0.2) is 11.5 Å². The molecule has 2 aliphatic heterocycles. The lowest BCUT2D eigenvalue weighted by atomic mass is 10.1. The second-order valence-corrected chi connectivity index (χ2v) is 5.90. The second kappa shape index (κ2) is 6.60. The molecule has 6 heteroatoms. The Balaban J connectivity index is 1.42. The van der Waals surface area contributed by atoms with Crippen LogP contribution in [0.4, 0.5) is 0 Å². The molecule has 122 valence electrons. The fourth-order valence-corrected chi connectivity index (χ4v) is 3.15. The van der Waals surface area contributed by atoms with E-state index in [4.69, 9.17) is 14.2 Å². The third-order valence-corrected chi connectivity index (χ3v) is 4.21. The number of rotatable bonds is 4. The van der Waals surface area contributed by atoms with Crippen LogP contribution in [0.25, 0.3) is 0 Å². The van der Waals surface area contributed by atoms with E-state index in [1.165, 1.54) is 5.56 Å². The molecule has 2 aliphatic rings. The van der Waals surface area contributed by atoms with Crippen LogP contribution in [0.3, 0.4) is 0 Å². The maximum atomic E-state index is 5.87. The van der Waals surface area contributed by atoms with Crippen molar-refractivity contribution in [1.29, 1.82) is 0 Å². The highest BCUT2D eigenvalue weighted by atomic mass is 16.6. The van der Waals surface area contributed by atoms with Crippen molar-refractivity contribution in [3.05, 3.63) is 42.2 Å². The van der Waals surface area contributed by atoms with E-state index in [0.717, 1.165) is 44.3 Å². The van der Waals surface area contributed by atoms with E-state index in [2.05, 4.69) is 16.1 Å². The van der Waals surface area contributed by atoms with Gasteiger partial charge in [0.1, 0.15) is 13.2 Å². The molecule has 0 amide bonds. The number of para-hydroxylation sites is 1. The minimum absolute atomic E-state index is 0.167. The summed E-state index contributed by atoms with van der Waals surface area (Å²) >= 11 is 0. The molecule has 6 nitrogen and oxygen atoms in total. The van der Waals surface area contributed by atoms with Gasteiger partial charge in [-0.3, -0.25) is 9.58 Å². The van der Waals surface area contributed by atoms with Crippen molar-refractivity contribution in [2.45, 2.75) is 19.2 Å². The molecule has 1 aromatic carbocycles. The van der Waals surface area contributed by atoms with Crippen molar-refractivity contribution in [3.8, 4) is 11.5 Å². The SMILES string of the molecule is c1cc(CN2CCO[C@@H](Cn3cccn3)C2)c2c(c1)OCCO2. The average molecular weight is 315 g/mol. The molecule has 1 atom stereocenters. The molecule has 0 N–H and O–H groups in total. The van der Waals surface area contributed by atoms with Crippen LogP contribution in [-0.4, -0.2) is 53.7 Å². The first-order valence-electron chi connectivity index (χ1n) is 8.07. The molecule has 1 saturated heterocycles. The van der Waals surface area contributed by atoms with Gasteiger partial charge >= 0.3 is 0 Å². The van der Waals surface area contributed by atoms with Crippen LogP contribution in [0.15, 0.2) is 36.7 Å². The molecule has 0 radical (unpaired) electrons. The quantitative estimate of drug-likeness (QED) is 0.857. The van der Waals surface area contributed by atoms with Crippen molar-refractivity contribution in [2.24, 2.45) is 0 Å². The monoisotopic (exact) mass is 315 g/mol. The van der Waals surface area contributed by atoms with Crippen molar-refractivity contribution in [2.75, 3.05) is 32.9 Å². The van der Waals surface area contributed by atoms with Crippen LogP contribution in [0.1, 0.15) is 5.56 Å². The van der Waals surface area contributed by atoms with Gasteiger partial charge in [0.25, 0.3) is 0 Å². The minimum Gasteiger partial charge on any atom is -0.486 e. The third kappa shape index (κ3) is 3.33. The van der Waals surface area contributed by atoms with Crippen molar-refractivity contribution in [1.82, 2.24) is 14.7 Å². The largest absolute Gasteiger partial charge is 0.486 e. The Labute approximate surface area is 135 Å². The topological polar surface area (TPSA) is 48.8 Å². The van der Waals surface area contributed by atoms with Gasteiger partial charge in [-0.15, -0.1) is 0 Å². The number of aromatic nitrogens is 2. The predicted molar refractivity (Wildman–Crippen MR) is 84.7 cm³/mol. The normalized spacial score (nSPS) is 21.3. The average Bonchev–Trinajstić information content (AvgIpc) is 3.09. The molecule has 3 heterocycles. The first kappa shape index (κ1) is 14.5. The van der Waals surface area contributed by atoms with Gasteiger partial charge < -0.3 is 14.2 Å². The van der Waals surface area contributed by atoms with Gasteiger partial charge in [0, 0.05) is 37.6 Å². The summed E-state index contributed by atoms with van der Waals surface area (Å²) < 4.78 is 19.3. The fraction of sp³-hybridized carbons (Fsp3) is 0.471. The molecule has 1 aromatic heterocycles. The summed E-state index contributed by atoms with van der Waals surface area (Å²) in [6, 6.07) is 8.06. The second-order valence-electron chi connectivity index (χ2n) is 5.90. The van der Waals surface area contributed by atoms with Crippen LogP contribution in [0, 0.1) is 0 Å². The molecule has 0 aliphatic carbocycles. The summed E-state index contributed by atoms with van der Waals surface area (Å²) in [5.74, 6) is 1.75. The van der Waals surface area contributed by atoms with Crippen LogP contribution in [0.2, 0.25) is 0 Å². The van der Waals surface area contributed by atoms with Crippen molar-refractivity contribution in [3.63, 3.8) is 0 Å². The zero-order chi connectivity index (χ0) is 15.5. The molecular weight excluding hydrogens is 294 g/mol. The van der Waals surface area contributed by atoms with Crippen LogP contribution in [-0.2, 0) is 17.8 Å². The summed E-state index contributed by atoms with van der Waals surface area (Å²) in [4.78, 5) is 2.41. The van der Waals surface area contributed by atoms with Crippen LogP contribution < -0.4 is 9.47 Å². The van der Waals surface area contributed by atoms with Crippen molar-refractivity contribution >= 4 is 0 Å². The third-order valence-electron chi connectivity index (χ3n) is 4.21. The summed E-state index contributed by atoms with van der Waals surface area (Å²) in [5.41, 5.74) is 1.18. The van der Waals surface area contributed by atoms with Gasteiger partial charge in [-0.25, -0.2) is 0 Å². The molecule has 2 aromatic rings. The van der Waals surface area contributed by atoms with E-state index in [9.17, 15) is 0 Å². The van der Waals surface area contributed by atoms with E-state index in [1.54, 1.807) is 6.20 Å².